The van der Waals surface area contributed by atoms with Gasteiger partial charge in [-0.25, -0.2) is 9.52 Å². The zero-order valence-corrected chi connectivity index (χ0v) is 31.8. The quantitative estimate of drug-likeness (QED) is 0.340. The van der Waals surface area contributed by atoms with Crippen molar-refractivity contribution in [2.75, 3.05) is 33.3 Å². The molecule has 53 heavy (non-hydrogen) atoms. The Morgan fingerprint density at radius 3 is 2.32 bits per heavy atom. The SMILES string of the molecule is COc1ccc2c(c1)C1CC1(C(=O)N1C[C@@H]3C[C@@H]1CN3C(=O)OC(C)(C)C)Cn1c-2c(C2CCCCC2)c2ccc(C(=O)NS(=O)(=O)N3CCC3)cc21. The molecular formula is C40H49N5O7S. The van der Waals surface area contributed by atoms with Crippen LogP contribution in [0, 0.1) is 5.41 Å². The first-order valence-electron chi connectivity index (χ1n) is 19.3. The highest BCUT2D eigenvalue weighted by molar-refractivity contribution is 7.87. The third-order valence-electron chi connectivity index (χ3n) is 12.7. The van der Waals surface area contributed by atoms with Crippen LogP contribution in [-0.2, 0) is 26.3 Å². The molecule has 4 atom stereocenters. The van der Waals surface area contributed by atoms with Crippen molar-refractivity contribution in [1.82, 2.24) is 23.4 Å². The Labute approximate surface area is 310 Å². The van der Waals surface area contributed by atoms with E-state index in [4.69, 9.17) is 9.47 Å². The lowest BCUT2D eigenvalue weighted by atomic mass is 9.81. The van der Waals surface area contributed by atoms with E-state index >= 15 is 4.79 Å². The molecule has 0 spiro atoms. The van der Waals surface area contributed by atoms with E-state index in [-0.39, 0.29) is 35.6 Å². The third kappa shape index (κ3) is 5.63. The number of carbonyl (C=O) groups is 3. The number of likely N-dealkylation sites (tertiary alicyclic amines) is 2. The van der Waals surface area contributed by atoms with Gasteiger partial charge in [-0.1, -0.05) is 25.3 Å². The molecule has 1 N–H and O–H groups in total. The van der Waals surface area contributed by atoms with E-state index in [0.29, 0.717) is 45.1 Å². The van der Waals surface area contributed by atoms with Crippen LogP contribution < -0.4 is 9.46 Å². The number of nitrogens with one attached hydrogen (secondary N) is 1. The van der Waals surface area contributed by atoms with Crippen molar-refractivity contribution < 1.29 is 32.3 Å². The smallest absolute Gasteiger partial charge is 0.410 e. The fourth-order valence-corrected chi connectivity index (χ4v) is 11.2. The molecule has 2 bridgehead atoms. The van der Waals surface area contributed by atoms with Crippen LogP contribution >= 0.6 is 0 Å². The second-order valence-corrected chi connectivity index (χ2v) is 18.8. The minimum Gasteiger partial charge on any atom is -0.497 e. The molecule has 2 saturated carbocycles. The van der Waals surface area contributed by atoms with Crippen LogP contribution in [0.2, 0.25) is 0 Å². The summed E-state index contributed by atoms with van der Waals surface area (Å²) in [5.41, 5.74) is 4.33. The van der Waals surface area contributed by atoms with Crippen LogP contribution in [0.3, 0.4) is 0 Å². The number of ether oxygens (including phenoxy) is 2. The summed E-state index contributed by atoms with van der Waals surface area (Å²) in [4.78, 5) is 45.5. The molecule has 2 aliphatic carbocycles. The fourth-order valence-electron chi connectivity index (χ4n) is 9.94. The van der Waals surface area contributed by atoms with E-state index in [1.807, 2.05) is 43.9 Å². The number of carbonyl (C=O) groups excluding carboxylic acids is 3. The van der Waals surface area contributed by atoms with Crippen molar-refractivity contribution in [1.29, 1.82) is 0 Å². The number of nitrogens with zero attached hydrogens (tertiary/aromatic N) is 4. The standard InChI is InChI=1S/C40H49N5O7S/c1-39(2,3)52-38(48)44-22-26-18-27(44)21-43(26)37(47)40-20-32(40)31-19-28(51-4)12-14-29(31)35-34(24-9-6-5-7-10-24)30-13-11-25(17-33(30)45(35)23-40)36(46)41-53(49,50)42-15-8-16-42/h11-14,17,19,24,26-27,32H,5-10,15-16,18,20-23H2,1-4H3,(H,41,46)/t26-,27+,32?,40?/m1/s1. The van der Waals surface area contributed by atoms with Gasteiger partial charge in [-0.05, 0) is 100 Å². The van der Waals surface area contributed by atoms with Gasteiger partial charge in [-0.3, -0.25) is 9.59 Å². The van der Waals surface area contributed by atoms with E-state index in [1.165, 1.54) is 16.3 Å². The van der Waals surface area contributed by atoms with Gasteiger partial charge in [-0.15, -0.1) is 0 Å². The molecule has 2 aromatic carbocycles. The van der Waals surface area contributed by atoms with Gasteiger partial charge in [0.2, 0.25) is 5.91 Å². The summed E-state index contributed by atoms with van der Waals surface area (Å²) in [5, 5.41) is 1.05. The van der Waals surface area contributed by atoms with Gasteiger partial charge in [-0.2, -0.15) is 12.7 Å². The van der Waals surface area contributed by atoms with Crippen molar-refractivity contribution in [3.8, 4) is 17.0 Å². The predicted molar refractivity (Wildman–Crippen MR) is 199 cm³/mol. The Hall–Kier alpha value is -4.10. The lowest BCUT2D eigenvalue weighted by Gasteiger charge is -2.37. The lowest BCUT2D eigenvalue weighted by Crippen LogP contribution is -2.53. The normalized spacial score (nSPS) is 26.7. The molecule has 3 aromatic rings. The van der Waals surface area contributed by atoms with Gasteiger partial charge < -0.3 is 23.8 Å². The first-order chi connectivity index (χ1) is 25.3. The molecule has 3 saturated heterocycles. The first-order valence-corrected chi connectivity index (χ1v) is 20.7. The highest BCUT2D eigenvalue weighted by Crippen LogP contribution is 2.66. The Balaban J connectivity index is 1.13. The number of hydrogen-bond donors (Lipinski definition) is 1. The van der Waals surface area contributed by atoms with E-state index in [9.17, 15) is 18.0 Å². The maximum atomic E-state index is 15.1. The molecule has 12 nitrogen and oxygen atoms in total. The van der Waals surface area contributed by atoms with Crippen molar-refractivity contribution in [2.45, 2.75) is 108 Å². The molecule has 6 aliphatic rings. The summed E-state index contributed by atoms with van der Waals surface area (Å²) in [5.74, 6) is 0.485. The molecule has 282 valence electrons. The number of benzene rings is 2. The van der Waals surface area contributed by atoms with E-state index < -0.39 is 27.1 Å². The molecular weight excluding hydrogens is 695 g/mol. The number of amides is 3. The Morgan fingerprint density at radius 1 is 0.925 bits per heavy atom. The van der Waals surface area contributed by atoms with Crippen LogP contribution in [0.1, 0.15) is 105 Å². The summed E-state index contributed by atoms with van der Waals surface area (Å²) >= 11 is 0. The molecule has 5 heterocycles. The Kier molecular flexibility index (Phi) is 7.98. The molecule has 13 heteroatoms. The largest absolute Gasteiger partial charge is 0.497 e. The average molecular weight is 744 g/mol. The van der Waals surface area contributed by atoms with Gasteiger partial charge in [0.25, 0.3) is 5.91 Å². The zero-order chi connectivity index (χ0) is 37.0. The van der Waals surface area contributed by atoms with E-state index in [2.05, 4.69) is 21.4 Å². The molecule has 4 aliphatic heterocycles. The average Bonchev–Trinajstić information content (AvgIpc) is 3.33. The number of fused-ring (bicyclic) bond motifs is 9. The third-order valence-corrected chi connectivity index (χ3v) is 14.2. The molecule has 2 unspecified atom stereocenters. The zero-order valence-electron chi connectivity index (χ0n) is 31.0. The second kappa shape index (κ2) is 12.2. The van der Waals surface area contributed by atoms with Gasteiger partial charge in [0.05, 0.1) is 30.3 Å². The summed E-state index contributed by atoms with van der Waals surface area (Å²) in [6, 6.07) is 11.6. The van der Waals surface area contributed by atoms with Gasteiger partial charge in [0.1, 0.15) is 11.4 Å². The van der Waals surface area contributed by atoms with Crippen molar-refractivity contribution in [3.63, 3.8) is 0 Å². The number of methoxy groups -OCH3 is 1. The summed E-state index contributed by atoms with van der Waals surface area (Å²) < 4.78 is 43.1. The highest BCUT2D eigenvalue weighted by Gasteiger charge is 2.66. The minimum absolute atomic E-state index is 0.0245. The molecule has 1 aromatic heterocycles. The lowest BCUT2D eigenvalue weighted by molar-refractivity contribution is -0.140. The second-order valence-electron chi connectivity index (χ2n) is 17.1. The molecule has 5 fully saturated rings. The van der Waals surface area contributed by atoms with Gasteiger partial charge >= 0.3 is 16.3 Å². The van der Waals surface area contributed by atoms with Crippen LogP contribution in [0.25, 0.3) is 22.2 Å². The molecule has 3 amide bonds. The van der Waals surface area contributed by atoms with E-state index in [0.717, 1.165) is 72.0 Å². The summed E-state index contributed by atoms with van der Waals surface area (Å²) in [7, 11) is -2.26. The van der Waals surface area contributed by atoms with Gasteiger partial charge in [0.15, 0.2) is 0 Å². The van der Waals surface area contributed by atoms with Crippen molar-refractivity contribution in [3.05, 3.63) is 53.1 Å². The Bertz CT molecular complexity index is 2150. The predicted octanol–water partition coefficient (Wildman–Crippen LogP) is 5.75. The monoisotopic (exact) mass is 743 g/mol. The van der Waals surface area contributed by atoms with Crippen LogP contribution in [0.4, 0.5) is 4.79 Å². The summed E-state index contributed by atoms with van der Waals surface area (Å²) in [6.45, 7) is 7.77. The fraction of sp³-hybridized carbons (Fsp3) is 0.575. The highest BCUT2D eigenvalue weighted by atomic mass is 32.2. The Morgan fingerprint density at radius 2 is 1.66 bits per heavy atom. The number of piperazine rings is 1. The van der Waals surface area contributed by atoms with Crippen molar-refractivity contribution >= 4 is 39.0 Å². The van der Waals surface area contributed by atoms with Crippen molar-refractivity contribution in [2.24, 2.45) is 5.41 Å². The van der Waals surface area contributed by atoms with Crippen LogP contribution in [0.5, 0.6) is 5.75 Å². The summed E-state index contributed by atoms with van der Waals surface area (Å²) in [6.07, 6.45) is 7.48. The number of aromatic nitrogens is 1. The maximum Gasteiger partial charge on any atom is 0.410 e. The molecule has 9 rings (SSSR count). The number of hydrogen-bond acceptors (Lipinski definition) is 7. The maximum absolute atomic E-state index is 15.1. The van der Waals surface area contributed by atoms with Crippen LogP contribution in [0.15, 0.2) is 36.4 Å². The first kappa shape index (κ1) is 34.7. The minimum atomic E-state index is -3.93. The van der Waals surface area contributed by atoms with E-state index in [1.54, 1.807) is 18.1 Å². The topological polar surface area (TPSA) is 130 Å². The molecule has 0 radical (unpaired) electrons. The van der Waals surface area contributed by atoms with Gasteiger partial charge in [0, 0.05) is 60.7 Å². The number of rotatable bonds is 6. The van der Waals surface area contributed by atoms with Crippen LogP contribution in [-0.4, -0.2) is 96.0 Å².